The van der Waals surface area contributed by atoms with Crippen LogP contribution in [0.4, 0.5) is 34.1 Å². The van der Waals surface area contributed by atoms with Crippen LogP contribution in [0.5, 0.6) is 0 Å². The molecule has 60 heavy (non-hydrogen) atoms. The van der Waals surface area contributed by atoms with Crippen molar-refractivity contribution in [3.05, 3.63) is 235 Å². The van der Waals surface area contributed by atoms with Gasteiger partial charge in [-0.05, 0) is 144 Å². The number of benzene rings is 9. The van der Waals surface area contributed by atoms with E-state index >= 15 is 0 Å². The van der Waals surface area contributed by atoms with Gasteiger partial charge >= 0.3 is 0 Å². The van der Waals surface area contributed by atoms with Gasteiger partial charge < -0.3 is 14.4 Å². The van der Waals surface area contributed by atoms with E-state index in [-0.39, 0.29) is 5.41 Å². The van der Waals surface area contributed by atoms with E-state index in [9.17, 15) is 0 Å². The second kappa shape index (κ2) is 13.9. The predicted molar refractivity (Wildman–Crippen MR) is 252 cm³/mol. The highest BCUT2D eigenvalue weighted by atomic mass is 15.2. The summed E-state index contributed by atoms with van der Waals surface area (Å²) in [6, 6.07) is 78.4. The molecule has 1 heterocycles. The molecule has 10 aromatic rings. The molecule has 1 spiro atoms. The number of aryl methyl sites for hydroxylation is 2. The first-order valence-corrected chi connectivity index (χ1v) is 21.3. The van der Waals surface area contributed by atoms with E-state index in [4.69, 9.17) is 0 Å². The second-order valence-electron chi connectivity index (χ2n) is 16.5. The zero-order valence-corrected chi connectivity index (χ0v) is 33.4. The van der Waals surface area contributed by atoms with E-state index in [1.54, 1.807) is 0 Å². The number of para-hydroxylation sites is 4. The molecule has 0 saturated heterocycles. The van der Waals surface area contributed by atoms with Crippen LogP contribution in [0.2, 0.25) is 0 Å². The quantitative estimate of drug-likeness (QED) is 0.160. The molecule has 0 bridgehead atoms. The molecule has 2 aliphatic rings. The Morgan fingerprint density at radius 3 is 1.53 bits per heavy atom. The smallest absolute Gasteiger partial charge is 0.0542 e. The summed E-state index contributed by atoms with van der Waals surface area (Å²) in [5.41, 5.74) is 16.5. The van der Waals surface area contributed by atoms with Gasteiger partial charge in [0.2, 0.25) is 0 Å². The van der Waals surface area contributed by atoms with Gasteiger partial charge in [-0.1, -0.05) is 127 Å². The van der Waals surface area contributed by atoms with Gasteiger partial charge in [-0.25, -0.2) is 0 Å². The Hall–Kier alpha value is -7.36. The number of nitrogens with zero attached hydrogens (tertiary/aromatic N) is 3. The fourth-order valence-electron chi connectivity index (χ4n) is 10.8. The Morgan fingerprint density at radius 2 is 0.883 bits per heavy atom. The summed E-state index contributed by atoms with van der Waals surface area (Å²) in [5, 5.41) is 5.00. The van der Waals surface area contributed by atoms with E-state index in [0.717, 1.165) is 37.1 Å². The fraction of sp³-hybridized carbons (Fsp3) is 0.0877. The minimum absolute atomic E-state index is 0.164. The first-order chi connectivity index (χ1) is 29.7. The monoisotopic (exact) mass is 769 g/mol. The van der Waals surface area contributed by atoms with Gasteiger partial charge in [0.25, 0.3) is 0 Å². The second-order valence-corrected chi connectivity index (χ2v) is 16.5. The molecule has 2 aliphatic carbocycles. The van der Waals surface area contributed by atoms with E-state index in [0.29, 0.717) is 0 Å². The van der Waals surface area contributed by atoms with Crippen molar-refractivity contribution < 1.29 is 0 Å². The third kappa shape index (κ3) is 5.36. The highest BCUT2D eigenvalue weighted by Gasteiger charge is 2.49. The van der Waals surface area contributed by atoms with Crippen LogP contribution in [-0.4, -0.2) is 4.57 Å². The van der Waals surface area contributed by atoms with Gasteiger partial charge in [0, 0.05) is 44.6 Å². The summed E-state index contributed by atoms with van der Waals surface area (Å²) >= 11 is 0. The SMILES string of the molecule is c1ccc(N(c2ccc3ccccc3c2)c2cccc3c2[C@@]2(CC3)CCc3cccc(N(c4ccccc4)c4ccc5c(c4)c4ccccc4n5-c4ccccc4)c32)cc1. The van der Waals surface area contributed by atoms with Gasteiger partial charge in [-0.2, -0.15) is 0 Å². The first kappa shape index (κ1) is 34.7. The number of anilines is 6. The van der Waals surface area contributed by atoms with Crippen LogP contribution in [0.25, 0.3) is 38.3 Å². The third-order valence-corrected chi connectivity index (χ3v) is 13.3. The summed E-state index contributed by atoms with van der Waals surface area (Å²) in [5.74, 6) is 0. The summed E-state index contributed by atoms with van der Waals surface area (Å²) in [6.07, 6.45) is 4.25. The minimum Gasteiger partial charge on any atom is -0.310 e. The molecular weight excluding hydrogens is 727 g/mol. The normalized spacial score (nSPS) is 15.5. The zero-order valence-electron chi connectivity index (χ0n) is 33.4. The maximum Gasteiger partial charge on any atom is 0.0542 e. The Kier molecular flexibility index (Phi) is 8.02. The van der Waals surface area contributed by atoms with Crippen LogP contribution in [0.1, 0.15) is 35.1 Å². The molecule has 0 N–H and O–H groups in total. The largest absolute Gasteiger partial charge is 0.310 e. The number of hydrogen-bond donors (Lipinski definition) is 0. The van der Waals surface area contributed by atoms with Crippen molar-refractivity contribution in [2.75, 3.05) is 9.80 Å². The van der Waals surface area contributed by atoms with Crippen molar-refractivity contribution in [3.63, 3.8) is 0 Å². The molecule has 1 aromatic heterocycles. The molecule has 0 aliphatic heterocycles. The lowest BCUT2D eigenvalue weighted by molar-refractivity contribution is 0.508. The molecule has 0 radical (unpaired) electrons. The van der Waals surface area contributed by atoms with Crippen LogP contribution in [-0.2, 0) is 18.3 Å². The molecule has 0 saturated carbocycles. The number of aromatic nitrogens is 1. The van der Waals surface area contributed by atoms with Crippen molar-refractivity contribution in [2.24, 2.45) is 0 Å². The highest BCUT2D eigenvalue weighted by molar-refractivity contribution is 6.10. The molecule has 3 nitrogen and oxygen atoms in total. The summed E-state index contributed by atoms with van der Waals surface area (Å²) in [4.78, 5) is 5.06. The molecular formula is C57H43N3. The molecule has 0 fully saturated rings. The van der Waals surface area contributed by atoms with Crippen molar-refractivity contribution in [1.29, 1.82) is 0 Å². The fourth-order valence-corrected chi connectivity index (χ4v) is 10.8. The topological polar surface area (TPSA) is 11.4 Å². The Morgan fingerprint density at radius 1 is 0.367 bits per heavy atom. The Bertz CT molecular complexity index is 3220. The summed E-state index contributed by atoms with van der Waals surface area (Å²) in [6.45, 7) is 0. The van der Waals surface area contributed by atoms with E-state index in [1.165, 1.54) is 83.3 Å². The van der Waals surface area contributed by atoms with Crippen LogP contribution >= 0.6 is 0 Å². The van der Waals surface area contributed by atoms with Crippen LogP contribution < -0.4 is 9.80 Å². The minimum atomic E-state index is -0.164. The van der Waals surface area contributed by atoms with Gasteiger partial charge in [-0.15, -0.1) is 0 Å². The van der Waals surface area contributed by atoms with Crippen molar-refractivity contribution >= 4 is 66.7 Å². The van der Waals surface area contributed by atoms with Gasteiger partial charge in [0.1, 0.15) is 0 Å². The lowest BCUT2D eigenvalue weighted by Gasteiger charge is -2.37. The maximum absolute atomic E-state index is 2.54. The van der Waals surface area contributed by atoms with E-state index in [1.807, 2.05) is 0 Å². The van der Waals surface area contributed by atoms with Gasteiger partial charge in [0.15, 0.2) is 0 Å². The first-order valence-electron chi connectivity index (χ1n) is 21.3. The van der Waals surface area contributed by atoms with Crippen molar-refractivity contribution in [2.45, 2.75) is 31.1 Å². The van der Waals surface area contributed by atoms with Crippen molar-refractivity contribution in [3.8, 4) is 5.69 Å². The third-order valence-electron chi connectivity index (χ3n) is 13.3. The van der Waals surface area contributed by atoms with Crippen LogP contribution in [0.15, 0.2) is 212 Å². The van der Waals surface area contributed by atoms with Crippen molar-refractivity contribution in [1.82, 2.24) is 4.57 Å². The van der Waals surface area contributed by atoms with Crippen LogP contribution in [0, 0.1) is 0 Å². The summed E-state index contributed by atoms with van der Waals surface area (Å²) < 4.78 is 2.40. The van der Waals surface area contributed by atoms with Crippen LogP contribution in [0.3, 0.4) is 0 Å². The number of hydrogen-bond acceptors (Lipinski definition) is 2. The average Bonchev–Trinajstić information content (AvgIpc) is 4.00. The molecule has 286 valence electrons. The van der Waals surface area contributed by atoms with Gasteiger partial charge in [0.05, 0.1) is 22.4 Å². The van der Waals surface area contributed by atoms with Gasteiger partial charge in [-0.3, -0.25) is 0 Å². The lowest BCUT2D eigenvalue weighted by Crippen LogP contribution is -2.27. The summed E-state index contributed by atoms with van der Waals surface area (Å²) in [7, 11) is 0. The number of fused-ring (bicyclic) bond motifs is 8. The standard InChI is InChI=1S/C57H43N3/c1-4-20-44(21-5-1)58(47-31-30-40-16-10-11-17-43(40)38-47)53-28-14-18-41-34-36-57(55(41)53)37-35-42-19-15-29-54(56(42)57)59(45-22-6-2-7-23-45)48-32-33-52-50(39-48)49-26-12-13-27-51(49)60(52)46-24-8-3-9-25-46/h1-33,38-39H,34-37H2/t57-/m1/s1. The predicted octanol–water partition coefficient (Wildman–Crippen LogP) is 15.1. The average molecular weight is 770 g/mol. The van der Waals surface area contributed by atoms with E-state index in [2.05, 4.69) is 227 Å². The molecule has 1 atom stereocenters. The molecule has 3 heteroatoms. The number of rotatable bonds is 7. The highest BCUT2D eigenvalue weighted by Crippen LogP contribution is 2.60. The van der Waals surface area contributed by atoms with E-state index < -0.39 is 0 Å². The molecule has 0 unspecified atom stereocenters. The molecule has 12 rings (SSSR count). The Labute approximate surface area is 351 Å². The maximum atomic E-state index is 2.54. The lowest BCUT2D eigenvalue weighted by atomic mass is 9.74. The molecule has 9 aromatic carbocycles. The molecule has 0 amide bonds. The zero-order chi connectivity index (χ0) is 39.6. The Balaban J connectivity index is 1.08.